The molecule has 0 aromatic heterocycles. The van der Waals surface area contributed by atoms with Crippen molar-refractivity contribution in [1.29, 1.82) is 0 Å². The van der Waals surface area contributed by atoms with Crippen LogP contribution in [0.15, 0.2) is 0 Å². The topological polar surface area (TPSA) is 78.4 Å². The zero-order valence-electron chi connectivity index (χ0n) is 11.0. The maximum Gasteiger partial charge on any atom is 0.309 e. The second kappa shape index (κ2) is 4.64. The van der Waals surface area contributed by atoms with Gasteiger partial charge in [0.05, 0.1) is 5.60 Å². The fraction of sp³-hybridized carbons (Fsp3) is 0.833. The van der Waals surface area contributed by atoms with E-state index in [9.17, 15) is 14.7 Å². The number of hydrogen-bond acceptors (Lipinski definition) is 3. The lowest BCUT2D eigenvalue weighted by Crippen LogP contribution is -2.51. The largest absolute Gasteiger partial charge is 0.388 e. The van der Waals surface area contributed by atoms with E-state index in [0.717, 1.165) is 12.8 Å². The molecule has 3 N–H and O–H groups in total. The third-order valence-electron chi connectivity index (χ3n) is 2.76. The first-order valence-electron chi connectivity index (χ1n) is 5.94. The van der Waals surface area contributed by atoms with Crippen molar-refractivity contribution in [2.45, 2.75) is 51.7 Å². The SMILES string of the molecule is CC(C)(C)NC(=O)C(=O)NCC(C)(O)C1CC1. The van der Waals surface area contributed by atoms with E-state index in [1.807, 2.05) is 0 Å². The van der Waals surface area contributed by atoms with Crippen LogP contribution >= 0.6 is 0 Å². The molecule has 2 amide bonds. The van der Waals surface area contributed by atoms with Crippen LogP contribution in [0.4, 0.5) is 0 Å². The Labute approximate surface area is 102 Å². The average molecular weight is 242 g/mol. The van der Waals surface area contributed by atoms with Crippen molar-refractivity contribution in [3.8, 4) is 0 Å². The predicted octanol–water partition coefficient (Wildman–Crippen LogP) is 0.178. The smallest absolute Gasteiger partial charge is 0.309 e. The van der Waals surface area contributed by atoms with Gasteiger partial charge in [-0.05, 0) is 46.5 Å². The Morgan fingerprint density at radius 2 is 1.71 bits per heavy atom. The van der Waals surface area contributed by atoms with Crippen LogP contribution in [-0.2, 0) is 9.59 Å². The fourth-order valence-corrected chi connectivity index (χ4v) is 1.59. The maximum absolute atomic E-state index is 11.5. The molecule has 5 nitrogen and oxygen atoms in total. The summed E-state index contributed by atoms with van der Waals surface area (Å²) >= 11 is 0. The van der Waals surface area contributed by atoms with Gasteiger partial charge in [-0.25, -0.2) is 0 Å². The first-order chi connectivity index (χ1) is 7.62. The number of amides is 2. The van der Waals surface area contributed by atoms with Crippen LogP contribution in [0.2, 0.25) is 0 Å². The highest BCUT2D eigenvalue weighted by Crippen LogP contribution is 2.38. The summed E-state index contributed by atoms with van der Waals surface area (Å²) in [7, 11) is 0. The molecule has 1 aliphatic carbocycles. The molecule has 17 heavy (non-hydrogen) atoms. The molecule has 1 rings (SSSR count). The lowest BCUT2D eigenvalue weighted by Gasteiger charge is -2.24. The molecule has 1 aliphatic rings. The monoisotopic (exact) mass is 242 g/mol. The maximum atomic E-state index is 11.5. The Morgan fingerprint density at radius 3 is 2.12 bits per heavy atom. The minimum atomic E-state index is -0.905. The van der Waals surface area contributed by atoms with E-state index >= 15 is 0 Å². The first kappa shape index (κ1) is 14.0. The number of hydrogen-bond donors (Lipinski definition) is 3. The van der Waals surface area contributed by atoms with E-state index in [2.05, 4.69) is 10.6 Å². The molecule has 0 aliphatic heterocycles. The predicted molar refractivity (Wildman–Crippen MR) is 64.3 cm³/mol. The molecule has 0 bridgehead atoms. The molecule has 0 spiro atoms. The summed E-state index contributed by atoms with van der Waals surface area (Å²) in [5.74, 6) is -1.11. The van der Waals surface area contributed by atoms with E-state index in [-0.39, 0.29) is 12.5 Å². The van der Waals surface area contributed by atoms with Crippen LogP contribution in [0.5, 0.6) is 0 Å². The number of rotatable bonds is 3. The molecule has 0 aromatic rings. The van der Waals surface area contributed by atoms with Crippen molar-refractivity contribution in [3.05, 3.63) is 0 Å². The lowest BCUT2D eigenvalue weighted by molar-refractivity contribution is -0.140. The summed E-state index contributed by atoms with van der Waals surface area (Å²) < 4.78 is 0. The summed E-state index contributed by atoms with van der Waals surface area (Å²) in [6.45, 7) is 7.22. The molecule has 1 fully saturated rings. The molecule has 1 atom stereocenters. The van der Waals surface area contributed by atoms with E-state index in [0.29, 0.717) is 0 Å². The van der Waals surface area contributed by atoms with Gasteiger partial charge < -0.3 is 15.7 Å². The summed E-state index contributed by atoms with van der Waals surface area (Å²) in [5, 5.41) is 15.0. The standard InChI is InChI=1S/C12H22N2O3/c1-11(2,3)14-10(16)9(15)13-7-12(4,17)8-5-6-8/h8,17H,5-7H2,1-4H3,(H,13,15)(H,14,16). The van der Waals surface area contributed by atoms with Crippen molar-refractivity contribution in [3.63, 3.8) is 0 Å². The molecular weight excluding hydrogens is 220 g/mol. The van der Waals surface area contributed by atoms with Crippen molar-refractivity contribution >= 4 is 11.8 Å². The molecule has 98 valence electrons. The highest BCUT2D eigenvalue weighted by molar-refractivity contribution is 6.35. The van der Waals surface area contributed by atoms with Crippen LogP contribution in [0.1, 0.15) is 40.5 Å². The Kier molecular flexibility index (Phi) is 3.81. The fourth-order valence-electron chi connectivity index (χ4n) is 1.59. The second-order valence-corrected chi connectivity index (χ2v) is 6.02. The average Bonchev–Trinajstić information content (AvgIpc) is 2.94. The number of nitrogens with one attached hydrogen (secondary N) is 2. The number of carbonyl (C=O) groups excluding carboxylic acids is 2. The highest BCUT2D eigenvalue weighted by Gasteiger charge is 2.40. The van der Waals surface area contributed by atoms with Gasteiger partial charge in [-0.2, -0.15) is 0 Å². The van der Waals surface area contributed by atoms with Crippen molar-refractivity contribution in [2.24, 2.45) is 5.92 Å². The van der Waals surface area contributed by atoms with E-state index < -0.39 is 23.0 Å². The van der Waals surface area contributed by atoms with Crippen LogP contribution in [0.25, 0.3) is 0 Å². The Balaban J connectivity index is 2.36. The van der Waals surface area contributed by atoms with Crippen LogP contribution in [0, 0.1) is 5.92 Å². The van der Waals surface area contributed by atoms with Crippen molar-refractivity contribution < 1.29 is 14.7 Å². The molecule has 0 saturated heterocycles. The van der Waals surface area contributed by atoms with Crippen LogP contribution in [-0.4, -0.2) is 34.6 Å². The molecule has 0 radical (unpaired) electrons. The quantitative estimate of drug-likeness (QED) is 0.618. The second-order valence-electron chi connectivity index (χ2n) is 6.02. The summed E-state index contributed by atoms with van der Waals surface area (Å²) in [6.07, 6.45) is 1.97. The Morgan fingerprint density at radius 1 is 1.18 bits per heavy atom. The van der Waals surface area contributed by atoms with Crippen molar-refractivity contribution in [2.75, 3.05) is 6.54 Å². The van der Waals surface area contributed by atoms with Gasteiger partial charge in [0, 0.05) is 12.1 Å². The van der Waals surface area contributed by atoms with Gasteiger partial charge in [0.25, 0.3) is 0 Å². The Hall–Kier alpha value is -1.10. The number of aliphatic hydroxyl groups is 1. The van der Waals surface area contributed by atoms with Gasteiger partial charge in [0.2, 0.25) is 0 Å². The molecule has 0 aromatic carbocycles. The lowest BCUT2D eigenvalue weighted by atomic mass is 10.0. The van der Waals surface area contributed by atoms with Crippen molar-refractivity contribution in [1.82, 2.24) is 10.6 Å². The van der Waals surface area contributed by atoms with Gasteiger partial charge in [-0.3, -0.25) is 9.59 Å². The summed E-state index contributed by atoms with van der Waals surface area (Å²) in [6, 6.07) is 0. The van der Waals surface area contributed by atoms with E-state index in [1.54, 1.807) is 27.7 Å². The highest BCUT2D eigenvalue weighted by atomic mass is 16.3. The zero-order valence-corrected chi connectivity index (χ0v) is 11.0. The molecule has 0 heterocycles. The third kappa shape index (κ3) is 4.73. The van der Waals surface area contributed by atoms with Gasteiger partial charge in [0.15, 0.2) is 0 Å². The van der Waals surface area contributed by atoms with Gasteiger partial charge in [-0.1, -0.05) is 0 Å². The molecule has 1 unspecified atom stereocenters. The van der Waals surface area contributed by atoms with E-state index in [1.165, 1.54) is 0 Å². The third-order valence-corrected chi connectivity index (χ3v) is 2.76. The minimum absolute atomic E-state index is 0.119. The molecule has 1 saturated carbocycles. The molecular formula is C12H22N2O3. The van der Waals surface area contributed by atoms with Gasteiger partial charge >= 0.3 is 11.8 Å². The molecule has 5 heteroatoms. The number of carbonyl (C=O) groups is 2. The van der Waals surface area contributed by atoms with E-state index in [4.69, 9.17) is 0 Å². The van der Waals surface area contributed by atoms with Crippen LogP contribution in [0.3, 0.4) is 0 Å². The summed E-state index contributed by atoms with van der Waals surface area (Å²) in [4.78, 5) is 22.9. The van der Waals surface area contributed by atoms with Crippen LogP contribution < -0.4 is 10.6 Å². The summed E-state index contributed by atoms with van der Waals surface area (Å²) in [5.41, 5.74) is -1.34. The Bertz CT molecular complexity index is 314. The van der Waals surface area contributed by atoms with Gasteiger partial charge in [0.1, 0.15) is 0 Å². The van der Waals surface area contributed by atoms with Gasteiger partial charge in [-0.15, -0.1) is 0 Å². The normalized spacial score (nSPS) is 19.4. The zero-order chi connectivity index (χ0) is 13.3. The minimum Gasteiger partial charge on any atom is -0.388 e. The first-order valence-corrected chi connectivity index (χ1v) is 5.94.